The lowest BCUT2D eigenvalue weighted by atomic mass is 9.96. The minimum Gasteiger partial charge on any atom is -0.331 e. The van der Waals surface area contributed by atoms with Crippen LogP contribution in [0, 0.1) is 33.0 Å². The number of amides is 1. The van der Waals surface area contributed by atoms with Gasteiger partial charge in [0.2, 0.25) is 0 Å². The first kappa shape index (κ1) is 21.6. The van der Waals surface area contributed by atoms with Gasteiger partial charge in [0.1, 0.15) is 5.82 Å². The van der Waals surface area contributed by atoms with Crippen LogP contribution in [-0.2, 0) is 0 Å². The maximum absolute atomic E-state index is 13.5. The van der Waals surface area contributed by atoms with Gasteiger partial charge in [0.25, 0.3) is 17.3 Å². The standard InChI is InChI=1S/C22H18FN3O5/c1-14-19(12-18(25(28)29)13-20(14)26(30)31)22(27)24(2)21(15-6-4-3-5-7-15)16-8-10-17(23)11-9-16/h3-13,21H,1-2H3. The van der Waals surface area contributed by atoms with Crippen LogP contribution in [0.25, 0.3) is 0 Å². The van der Waals surface area contributed by atoms with Crippen molar-refractivity contribution >= 4 is 17.3 Å². The Kier molecular flexibility index (Phi) is 6.05. The molecule has 1 unspecified atom stereocenters. The fraction of sp³-hybridized carbons (Fsp3) is 0.136. The summed E-state index contributed by atoms with van der Waals surface area (Å²) in [6.07, 6.45) is 0. The maximum Gasteiger partial charge on any atom is 0.279 e. The molecule has 1 amide bonds. The van der Waals surface area contributed by atoms with Crippen LogP contribution >= 0.6 is 0 Å². The van der Waals surface area contributed by atoms with E-state index in [4.69, 9.17) is 0 Å². The van der Waals surface area contributed by atoms with E-state index in [1.54, 1.807) is 42.5 Å². The zero-order valence-corrected chi connectivity index (χ0v) is 16.7. The molecule has 3 rings (SSSR count). The molecule has 158 valence electrons. The number of non-ortho nitro benzene ring substituents is 1. The fourth-order valence-electron chi connectivity index (χ4n) is 3.43. The third-order valence-corrected chi connectivity index (χ3v) is 5.01. The number of nitrogens with zero attached hydrogens (tertiary/aromatic N) is 3. The average Bonchev–Trinajstić information content (AvgIpc) is 2.75. The van der Waals surface area contributed by atoms with Gasteiger partial charge in [-0.05, 0) is 30.2 Å². The number of halogens is 1. The molecule has 0 fully saturated rings. The summed E-state index contributed by atoms with van der Waals surface area (Å²) in [5.74, 6) is -1.07. The average molecular weight is 423 g/mol. The summed E-state index contributed by atoms with van der Waals surface area (Å²) in [7, 11) is 1.49. The van der Waals surface area contributed by atoms with Crippen LogP contribution in [-0.4, -0.2) is 27.7 Å². The maximum atomic E-state index is 13.5. The van der Waals surface area contributed by atoms with Crippen molar-refractivity contribution in [3.8, 4) is 0 Å². The quantitative estimate of drug-likeness (QED) is 0.418. The zero-order chi connectivity index (χ0) is 22.7. The lowest BCUT2D eigenvalue weighted by Crippen LogP contribution is -2.32. The highest BCUT2D eigenvalue weighted by atomic mass is 19.1. The zero-order valence-electron chi connectivity index (χ0n) is 16.7. The minimum atomic E-state index is -0.780. The summed E-state index contributed by atoms with van der Waals surface area (Å²) < 4.78 is 13.5. The van der Waals surface area contributed by atoms with Gasteiger partial charge < -0.3 is 4.90 Å². The summed E-state index contributed by atoms with van der Waals surface area (Å²) >= 11 is 0. The van der Waals surface area contributed by atoms with Crippen LogP contribution < -0.4 is 0 Å². The Morgan fingerprint density at radius 2 is 1.52 bits per heavy atom. The predicted octanol–water partition coefficient (Wildman–Crippen LogP) is 4.81. The van der Waals surface area contributed by atoms with Gasteiger partial charge in [-0.1, -0.05) is 42.5 Å². The van der Waals surface area contributed by atoms with Gasteiger partial charge in [-0.15, -0.1) is 0 Å². The second-order valence-corrected chi connectivity index (χ2v) is 6.93. The highest BCUT2D eigenvalue weighted by Crippen LogP contribution is 2.33. The first-order chi connectivity index (χ1) is 14.7. The van der Waals surface area contributed by atoms with E-state index in [2.05, 4.69) is 0 Å². The molecule has 9 heteroatoms. The van der Waals surface area contributed by atoms with Crippen LogP contribution in [0.2, 0.25) is 0 Å². The SMILES string of the molecule is Cc1c(C(=O)N(C)C(c2ccccc2)c2ccc(F)cc2)cc([N+](=O)[O-])cc1[N+](=O)[O-]. The van der Waals surface area contributed by atoms with E-state index in [0.717, 1.165) is 17.7 Å². The van der Waals surface area contributed by atoms with Crippen molar-refractivity contribution in [1.82, 2.24) is 4.90 Å². The number of rotatable bonds is 6. The van der Waals surface area contributed by atoms with Crippen molar-refractivity contribution in [2.75, 3.05) is 7.05 Å². The van der Waals surface area contributed by atoms with Gasteiger partial charge >= 0.3 is 0 Å². The van der Waals surface area contributed by atoms with E-state index < -0.39 is 39.0 Å². The Hall–Kier alpha value is -4.14. The van der Waals surface area contributed by atoms with Crippen molar-refractivity contribution in [1.29, 1.82) is 0 Å². The smallest absolute Gasteiger partial charge is 0.279 e. The number of nitro benzene ring substituents is 2. The van der Waals surface area contributed by atoms with E-state index in [1.807, 2.05) is 0 Å². The Labute approximate surface area is 176 Å². The third-order valence-electron chi connectivity index (χ3n) is 5.01. The van der Waals surface area contributed by atoms with Crippen molar-refractivity contribution in [3.05, 3.63) is 115 Å². The summed E-state index contributed by atoms with van der Waals surface area (Å²) in [4.78, 5) is 35.8. The largest absolute Gasteiger partial charge is 0.331 e. The first-order valence-corrected chi connectivity index (χ1v) is 9.21. The molecule has 0 saturated heterocycles. The van der Waals surface area contributed by atoms with Crippen molar-refractivity contribution in [2.45, 2.75) is 13.0 Å². The van der Waals surface area contributed by atoms with Crippen LogP contribution in [0.1, 0.15) is 33.1 Å². The van der Waals surface area contributed by atoms with Crippen molar-refractivity contribution < 1.29 is 19.0 Å². The van der Waals surface area contributed by atoms with Gasteiger partial charge in [-0.2, -0.15) is 0 Å². The van der Waals surface area contributed by atoms with Crippen LogP contribution in [0.5, 0.6) is 0 Å². The van der Waals surface area contributed by atoms with E-state index in [9.17, 15) is 29.4 Å². The highest BCUT2D eigenvalue weighted by Gasteiger charge is 2.30. The molecular formula is C22H18FN3O5. The molecule has 0 saturated carbocycles. The molecule has 3 aromatic rings. The van der Waals surface area contributed by atoms with E-state index in [0.29, 0.717) is 5.56 Å². The van der Waals surface area contributed by atoms with Crippen LogP contribution in [0.15, 0.2) is 66.7 Å². The monoisotopic (exact) mass is 423 g/mol. The van der Waals surface area contributed by atoms with Crippen molar-refractivity contribution in [2.24, 2.45) is 0 Å². The van der Waals surface area contributed by atoms with E-state index >= 15 is 0 Å². The Bertz CT molecular complexity index is 1150. The number of carbonyl (C=O) groups is 1. The second kappa shape index (κ2) is 8.70. The number of nitro groups is 2. The molecular weight excluding hydrogens is 405 g/mol. The number of carbonyl (C=O) groups excluding carboxylic acids is 1. The topological polar surface area (TPSA) is 107 Å². The highest BCUT2D eigenvalue weighted by molar-refractivity contribution is 5.97. The molecule has 0 aliphatic heterocycles. The van der Waals surface area contributed by atoms with Gasteiger partial charge in [0, 0.05) is 18.7 Å². The number of hydrogen-bond acceptors (Lipinski definition) is 5. The summed E-state index contributed by atoms with van der Waals surface area (Å²) in [5, 5.41) is 22.6. The van der Waals surface area contributed by atoms with Crippen molar-refractivity contribution in [3.63, 3.8) is 0 Å². The molecule has 0 aliphatic carbocycles. The van der Waals surface area contributed by atoms with E-state index in [-0.39, 0.29) is 11.1 Å². The van der Waals surface area contributed by atoms with Crippen LogP contribution in [0.3, 0.4) is 0 Å². The molecule has 31 heavy (non-hydrogen) atoms. The fourth-order valence-corrected chi connectivity index (χ4v) is 3.43. The molecule has 0 radical (unpaired) electrons. The number of benzene rings is 3. The molecule has 0 heterocycles. The summed E-state index contributed by atoms with van der Waals surface area (Å²) in [6, 6.07) is 15.8. The lowest BCUT2D eigenvalue weighted by Gasteiger charge is -2.29. The summed E-state index contributed by atoms with van der Waals surface area (Å²) in [6.45, 7) is 1.37. The van der Waals surface area contributed by atoms with Gasteiger partial charge in [-0.3, -0.25) is 25.0 Å². The summed E-state index contributed by atoms with van der Waals surface area (Å²) in [5.41, 5.74) is 0.157. The van der Waals surface area contributed by atoms with Crippen LogP contribution in [0.4, 0.5) is 15.8 Å². The molecule has 1 atom stereocenters. The van der Waals surface area contributed by atoms with Gasteiger partial charge in [0.05, 0.1) is 27.5 Å². The van der Waals surface area contributed by atoms with E-state index in [1.165, 1.54) is 31.0 Å². The second-order valence-electron chi connectivity index (χ2n) is 6.93. The first-order valence-electron chi connectivity index (χ1n) is 9.21. The molecule has 8 nitrogen and oxygen atoms in total. The molecule has 3 aromatic carbocycles. The molecule has 0 N–H and O–H groups in total. The lowest BCUT2D eigenvalue weighted by molar-refractivity contribution is -0.394. The normalized spacial score (nSPS) is 11.6. The number of hydrogen-bond donors (Lipinski definition) is 0. The third kappa shape index (κ3) is 4.40. The van der Waals surface area contributed by atoms with Gasteiger partial charge in [0.15, 0.2) is 0 Å². The predicted molar refractivity (Wildman–Crippen MR) is 111 cm³/mol. The molecule has 0 bridgehead atoms. The van der Waals surface area contributed by atoms with Gasteiger partial charge in [-0.25, -0.2) is 4.39 Å². The Morgan fingerprint density at radius 1 is 0.935 bits per heavy atom. The molecule has 0 aromatic heterocycles. The minimum absolute atomic E-state index is 0.0263. The Morgan fingerprint density at radius 3 is 2.06 bits per heavy atom. The molecule has 0 spiro atoms. The molecule has 0 aliphatic rings. The Balaban J connectivity index is 2.13.